The summed E-state index contributed by atoms with van der Waals surface area (Å²) < 4.78 is 37.7. The molecule has 1 aromatic heterocycles. The predicted octanol–water partition coefficient (Wildman–Crippen LogP) is 3.56. The number of sulfone groups is 1. The third-order valence-corrected chi connectivity index (χ3v) is 8.98. The summed E-state index contributed by atoms with van der Waals surface area (Å²) in [5.74, 6) is 1.53. The first kappa shape index (κ1) is 30.1. The molecule has 10 nitrogen and oxygen atoms in total. The number of carbonyl (C=O) groups excluding carboxylic acids is 2. The second kappa shape index (κ2) is 12.6. The lowest BCUT2D eigenvalue weighted by molar-refractivity contribution is -0.203. The summed E-state index contributed by atoms with van der Waals surface area (Å²) >= 11 is 0. The van der Waals surface area contributed by atoms with Crippen LogP contribution >= 0.6 is 0 Å². The van der Waals surface area contributed by atoms with Crippen LogP contribution < -0.4 is 16.7 Å². The maximum Gasteiger partial charge on any atom is 0.249 e. The largest absolute Gasteiger partial charge is 0.459 e. The number of hydroxylamine groups is 1. The Labute approximate surface area is 224 Å². The van der Waals surface area contributed by atoms with Crippen molar-refractivity contribution in [1.82, 2.24) is 10.9 Å². The van der Waals surface area contributed by atoms with E-state index in [1.807, 2.05) is 39.8 Å². The van der Waals surface area contributed by atoms with Gasteiger partial charge in [0.15, 0.2) is 16.1 Å². The Hall–Kier alpha value is -2.47. The molecule has 38 heavy (non-hydrogen) atoms. The molecule has 2 unspecified atom stereocenters. The van der Waals surface area contributed by atoms with Crippen molar-refractivity contribution in [3.63, 3.8) is 0 Å². The number of carbonyl (C=O) groups is 2. The van der Waals surface area contributed by atoms with Gasteiger partial charge in [0.2, 0.25) is 11.8 Å². The van der Waals surface area contributed by atoms with E-state index in [1.54, 1.807) is 18.2 Å². The predicted molar refractivity (Wildman–Crippen MR) is 144 cm³/mol. The van der Waals surface area contributed by atoms with Crippen LogP contribution in [0.1, 0.15) is 65.6 Å². The number of fused-ring (bicyclic) bond motifs is 1. The number of benzene rings is 1. The number of hydrazine groups is 1. The highest BCUT2D eigenvalue weighted by molar-refractivity contribution is 7.91. The normalized spacial score (nSPS) is 19.7. The van der Waals surface area contributed by atoms with Crippen molar-refractivity contribution in [3.05, 3.63) is 36.1 Å². The molecule has 1 fully saturated rings. The van der Waals surface area contributed by atoms with E-state index in [0.29, 0.717) is 24.0 Å². The maximum absolute atomic E-state index is 14.1. The zero-order valence-corrected chi connectivity index (χ0v) is 23.7. The van der Waals surface area contributed by atoms with Crippen LogP contribution in [0.4, 0.5) is 0 Å². The van der Waals surface area contributed by atoms with E-state index in [2.05, 4.69) is 10.9 Å². The van der Waals surface area contributed by atoms with Gasteiger partial charge in [0.05, 0.1) is 11.8 Å². The number of rotatable bonds is 12. The van der Waals surface area contributed by atoms with Crippen molar-refractivity contribution in [2.75, 3.05) is 12.9 Å². The average molecular weight is 552 g/mol. The molecule has 0 aliphatic carbocycles. The average Bonchev–Trinajstić information content (AvgIpc) is 3.30. The summed E-state index contributed by atoms with van der Waals surface area (Å²) in [5.41, 5.74) is 5.09. The van der Waals surface area contributed by atoms with E-state index in [0.717, 1.165) is 19.1 Å². The number of nitrogens with one attached hydrogen (secondary N) is 2. The molecule has 0 spiro atoms. The van der Waals surface area contributed by atoms with Crippen molar-refractivity contribution >= 4 is 32.6 Å². The molecule has 1 saturated heterocycles. The molecular weight excluding hydrogens is 510 g/mol. The topological polar surface area (TPSA) is 150 Å². The number of furan rings is 1. The molecule has 4 atom stereocenters. The summed E-state index contributed by atoms with van der Waals surface area (Å²) in [6.07, 6.45) is 2.99. The second-order valence-corrected chi connectivity index (χ2v) is 13.3. The van der Waals surface area contributed by atoms with Gasteiger partial charge in [-0.1, -0.05) is 45.9 Å². The zero-order chi connectivity index (χ0) is 28.1. The van der Waals surface area contributed by atoms with Crippen LogP contribution in [0.5, 0.6) is 0 Å². The molecule has 0 bridgehead atoms. The zero-order valence-electron chi connectivity index (χ0n) is 22.9. The molecule has 4 N–H and O–H groups in total. The van der Waals surface area contributed by atoms with Gasteiger partial charge in [0.25, 0.3) is 0 Å². The smallest absolute Gasteiger partial charge is 0.249 e. The summed E-state index contributed by atoms with van der Waals surface area (Å²) in [5, 5.41) is 0.689. The Balaban J connectivity index is 2.25. The third-order valence-electron chi connectivity index (χ3n) is 7.04. The van der Waals surface area contributed by atoms with E-state index in [-0.39, 0.29) is 30.4 Å². The first-order valence-corrected chi connectivity index (χ1v) is 15.1. The van der Waals surface area contributed by atoms with Gasteiger partial charge in [-0.15, -0.1) is 0 Å². The van der Waals surface area contributed by atoms with Gasteiger partial charge in [0.1, 0.15) is 16.1 Å². The van der Waals surface area contributed by atoms with Crippen molar-refractivity contribution < 1.29 is 32.0 Å². The minimum absolute atomic E-state index is 0.0239. The summed E-state index contributed by atoms with van der Waals surface area (Å²) in [6, 6.07) is 8.79. The summed E-state index contributed by atoms with van der Waals surface area (Å²) in [4.78, 5) is 32.9. The molecule has 2 aromatic rings. The fraction of sp³-hybridized carbons (Fsp3) is 0.630. The molecule has 2 heterocycles. The van der Waals surface area contributed by atoms with Crippen LogP contribution in [-0.2, 0) is 33.7 Å². The molecule has 11 heteroatoms. The van der Waals surface area contributed by atoms with Gasteiger partial charge < -0.3 is 9.15 Å². The Morgan fingerprint density at radius 2 is 1.84 bits per heavy atom. The quantitative estimate of drug-likeness (QED) is 0.206. The van der Waals surface area contributed by atoms with E-state index in [4.69, 9.17) is 19.8 Å². The Bertz CT molecular complexity index is 1170. The van der Waals surface area contributed by atoms with Crippen LogP contribution in [0.2, 0.25) is 0 Å². The minimum atomic E-state index is -4.09. The Morgan fingerprint density at radius 1 is 1.13 bits per heavy atom. The molecule has 3 rings (SSSR count). The van der Waals surface area contributed by atoms with Crippen LogP contribution in [-0.4, -0.2) is 39.4 Å². The van der Waals surface area contributed by atoms with E-state index in [9.17, 15) is 18.0 Å². The van der Waals surface area contributed by atoms with E-state index < -0.39 is 44.5 Å². The number of hydrogen-bond acceptors (Lipinski definition) is 8. The minimum Gasteiger partial charge on any atom is -0.459 e. The Kier molecular flexibility index (Phi) is 9.96. The number of ether oxygens (including phenoxy) is 1. The molecule has 212 valence electrons. The molecule has 0 saturated carbocycles. The lowest BCUT2D eigenvalue weighted by Gasteiger charge is -2.41. The maximum atomic E-state index is 14.1. The standard InChI is InChI=1S/C27H41N3O7S/c1-17(2)14-20(25(31)29-28)24(26(32)30-37-23-12-8-9-13-35-23)27(16-18(3)4,38(5,33)34)22-15-19-10-6-7-11-21(19)36-22/h6-7,10-11,15,17-18,20,23-24H,8-9,12-14,16,28H2,1-5H3,(H,29,31)(H,30,32)/t20-,23?,24+,27?/m1/s1. The highest BCUT2D eigenvalue weighted by atomic mass is 32.2. The summed E-state index contributed by atoms with van der Waals surface area (Å²) in [6.45, 7) is 8.01. The van der Waals surface area contributed by atoms with Crippen molar-refractivity contribution in [3.8, 4) is 0 Å². The molecule has 1 aromatic carbocycles. The summed E-state index contributed by atoms with van der Waals surface area (Å²) in [7, 11) is -4.09. The first-order valence-electron chi connectivity index (χ1n) is 13.2. The highest BCUT2D eigenvalue weighted by Gasteiger charge is 2.59. The fourth-order valence-electron chi connectivity index (χ4n) is 5.46. The van der Waals surface area contributed by atoms with Gasteiger partial charge in [-0.25, -0.2) is 24.6 Å². The molecule has 1 aliphatic rings. The number of para-hydroxylation sites is 1. The Morgan fingerprint density at radius 3 is 2.39 bits per heavy atom. The van der Waals surface area contributed by atoms with Crippen molar-refractivity contribution in [2.24, 2.45) is 29.5 Å². The van der Waals surface area contributed by atoms with Crippen LogP contribution in [0, 0.1) is 23.7 Å². The van der Waals surface area contributed by atoms with Gasteiger partial charge >= 0.3 is 0 Å². The van der Waals surface area contributed by atoms with Crippen LogP contribution in [0.15, 0.2) is 34.7 Å². The lowest BCUT2D eigenvalue weighted by atomic mass is 9.72. The molecule has 1 aliphatic heterocycles. The monoisotopic (exact) mass is 551 g/mol. The number of amides is 2. The van der Waals surface area contributed by atoms with E-state index in [1.165, 1.54) is 0 Å². The van der Waals surface area contributed by atoms with Gasteiger partial charge in [-0.2, -0.15) is 0 Å². The van der Waals surface area contributed by atoms with Gasteiger partial charge in [0, 0.05) is 24.7 Å². The molecule has 0 radical (unpaired) electrons. The SMILES string of the molecule is CC(C)C[C@@H](C(=O)NN)[C@@H](C(=O)NOC1CCCCO1)C(CC(C)C)(c1cc2ccccc2o1)S(C)(=O)=O. The fourth-order valence-corrected chi connectivity index (χ4v) is 7.30. The highest BCUT2D eigenvalue weighted by Crippen LogP contribution is 2.49. The molecule has 2 amide bonds. The lowest BCUT2D eigenvalue weighted by Crippen LogP contribution is -2.57. The van der Waals surface area contributed by atoms with Crippen LogP contribution in [0.3, 0.4) is 0 Å². The van der Waals surface area contributed by atoms with E-state index >= 15 is 0 Å². The number of nitrogens with two attached hydrogens (primary N) is 1. The first-order chi connectivity index (χ1) is 17.9. The van der Waals surface area contributed by atoms with Gasteiger partial charge in [-0.3, -0.25) is 15.0 Å². The molecular formula is C27H41N3O7S. The van der Waals surface area contributed by atoms with Crippen molar-refractivity contribution in [2.45, 2.75) is 70.8 Å². The number of hydrogen-bond donors (Lipinski definition) is 3. The third kappa shape index (κ3) is 6.56. The van der Waals surface area contributed by atoms with Gasteiger partial charge in [-0.05, 0) is 49.7 Å². The van der Waals surface area contributed by atoms with Crippen molar-refractivity contribution in [1.29, 1.82) is 0 Å². The van der Waals surface area contributed by atoms with Crippen LogP contribution in [0.25, 0.3) is 11.0 Å². The second-order valence-electron chi connectivity index (χ2n) is 11.0.